The van der Waals surface area contributed by atoms with Crippen molar-refractivity contribution < 1.29 is 53.8 Å². The molecule has 0 amide bonds. The van der Waals surface area contributed by atoms with E-state index in [1.165, 1.54) is 19.3 Å². The molecule has 55 heavy (non-hydrogen) atoms. The van der Waals surface area contributed by atoms with Crippen LogP contribution in [0.5, 0.6) is 0 Å². The quantitative estimate of drug-likeness (QED) is 0.0296. The van der Waals surface area contributed by atoms with E-state index in [0.717, 1.165) is 70.6 Å². The summed E-state index contributed by atoms with van der Waals surface area (Å²) in [5, 5.41) is 39.7. The number of hydrogen-bond acceptors (Lipinski definition) is 10. The summed E-state index contributed by atoms with van der Waals surface area (Å²) < 4.78 is 21.6. The monoisotopic (exact) mass is 774 g/mol. The van der Waals surface area contributed by atoms with Crippen LogP contribution in [0.1, 0.15) is 136 Å². The molecule has 0 spiro atoms. The Morgan fingerprint density at radius 3 is 1.69 bits per heavy atom. The van der Waals surface area contributed by atoms with E-state index in [-0.39, 0.29) is 19.4 Å². The molecule has 1 aliphatic rings. The second-order valence-electron chi connectivity index (χ2n) is 13.7. The third kappa shape index (κ3) is 26.2. The zero-order valence-electron chi connectivity index (χ0n) is 33.4. The van der Waals surface area contributed by atoms with Gasteiger partial charge in [0.15, 0.2) is 18.5 Å². The van der Waals surface area contributed by atoms with Crippen LogP contribution in [0.2, 0.25) is 0 Å². The van der Waals surface area contributed by atoms with Crippen molar-refractivity contribution in [1.29, 1.82) is 0 Å². The summed E-state index contributed by atoms with van der Waals surface area (Å²) in [5.74, 6) is -2.54. The van der Waals surface area contributed by atoms with Gasteiger partial charge in [0.2, 0.25) is 0 Å². The summed E-state index contributed by atoms with van der Waals surface area (Å²) in [5.41, 5.74) is 0. The largest absolute Gasteiger partial charge is 0.479 e. The van der Waals surface area contributed by atoms with E-state index >= 15 is 0 Å². The molecule has 11 heteroatoms. The molecule has 0 bridgehead atoms. The van der Waals surface area contributed by atoms with Gasteiger partial charge in [-0.05, 0) is 77.0 Å². The van der Waals surface area contributed by atoms with Gasteiger partial charge >= 0.3 is 17.9 Å². The van der Waals surface area contributed by atoms with Gasteiger partial charge < -0.3 is 39.4 Å². The standard InChI is InChI=1S/C44H70O11/c1-3-5-7-9-11-13-15-17-18-19-20-21-23-24-26-28-30-32-37(45)52-34-36(35-53-44-41(49)39(47)40(48)42(55-44)43(50)51)54-38(46)33-31-29-27-25-22-16-14-12-10-8-6-4-2/h5,7,11-14,17-18,20-21,24,26,36,39-42,44,47-49H,3-4,6,8-10,15-16,19,22-23,25,27-35H2,1-2H3,(H,50,51)/b7-5-,13-11-,14-12-,18-17-,21-20-,26-24-. The molecule has 4 N–H and O–H groups in total. The van der Waals surface area contributed by atoms with Crippen LogP contribution in [0.4, 0.5) is 0 Å². The Morgan fingerprint density at radius 1 is 0.582 bits per heavy atom. The van der Waals surface area contributed by atoms with Crippen molar-refractivity contribution in [2.45, 2.75) is 173 Å². The molecule has 0 aromatic heterocycles. The fourth-order valence-corrected chi connectivity index (χ4v) is 5.55. The Hall–Kier alpha value is -3.35. The second-order valence-corrected chi connectivity index (χ2v) is 13.7. The number of allylic oxidation sites excluding steroid dienone is 12. The van der Waals surface area contributed by atoms with Crippen molar-refractivity contribution >= 4 is 17.9 Å². The molecular weight excluding hydrogens is 704 g/mol. The number of hydrogen-bond donors (Lipinski definition) is 4. The lowest BCUT2D eigenvalue weighted by molar-refractivity contribution is -0.298. The fraction of sp³-hybridized carbons (Fsp3) is 0.659. The zero-order chi connectivity index (χ0) is 40.4. The molecule has 0 aromatic rings. The Morgan fingerprint density at radius 2 is 1.09 bits per heavy atom. The maximum atomic E-state index is 12.7. The van der Waals surface area contributed by atoms with E-state index in [9.17, 15) is 34.8 Å². The predicted octanol–water partition coefficient (Wildman–Crippen LogP) is 8.14. The van der Waals surface area contributed by atoms with Gasteiger partial charge in [-0.2, -0.15) is 0 Å². The zero-order valence-corrected chi connectivity index (χ0v) is 33.4. The first-order valence-electron chi connectivity index (χ1n) is 20.5. The highest BCUT2D eigenvalue weighted by Gasteiger charge is 2.47. The summed E-state index contributed by atoms with van der Waals surface area (Å²) >= 11 is 0. The Balaban J connectivity index is 2.47. The first-order valence-corrected chi connectivity index (χ1v) is 20.5. The minimum atomic E-state index is -1.87. The van der Waals surface area contributed by atoms with Gasteiger partial charge in [-0.1, -0.05) is 119 Å². The number of carbonyl (C=O) groups is 3. The lowest BCUT2D eigenvalue weighted by Crippen LogP contribution is -2.60. The van der Waals surface area contributed by atoms with Crippen LogP contribution in [0.3, 0.4) is 0 Å². The highest BCUT2D eigenvalue weighted by Crippen LogP contribution is 2.23. The van der Waals surface area contributed by atoms with Crippen LogP contribution in [0.15, 0.2) is 72.9 Å². The smallest absolute Gasteiger partial charge is 0.335 e. The number of aliphatic hydroxyl groups excluding tert-OH is 3. The van der Waals surface area contributed by atoms with E-state index in [1.807, 2.05) is 12.2 Å². The van der Waals surface area contributed by atoms with E-state index in [2.05, 4.69) is 74.6 Å². The van der Waals surface area contributed by atoms with Gasteiger partial charge in [0.25, 0.3) is 0 Å². The van der Waals surface area contributed by atoms with Gasteiger partial charge in [-0.25, -0.2) is 4.79 Å². The van der Waals surface area contributed by atoms with E-state index in [4.69, 9.17) is 18.9 Å². The van der Waals surface area contributed by atoms with E-state index < -0.39 is 61.3 Å². The first-order chi connectivity index (χ1) is 26.7. The molecule has 6 atom stereocenters. The average Bonchev–Trinajstić information content (AvgIpc) is 3.17. The molecular formula is C44H70O11. The Kier molecular flexibility index (Phi) is 30.7. The lowest BCUT2D eigenvalue weighted by atomic mass is 9.99. The number of ether oxygens (including phenoxy) is 4. The minimum Gasteiger partial charge on any atom is -0.479 e. The molecule has 1 heterocycles. The molecule has 0 saturated carbocycles. The normalized spacial score (nSPS) is 21.2. The van der Waals surface area contributed by atoms with Crippen molar-refractivity contribution in [2.75, 3.05) is 13.2 Å². The van der Waals surface area contributed by atoms with Crippen LogP contribution in [0, 0.1) is 0 Å². The SMILES string of the molecule is CC/C=C\C/C=C\C/C=C\C/C=C\C/C=C\CCCC(=O)OCC(COC1OC(C(=O)O)C(O)C(O)C1O)OC(=O)CCCCCCC/C=C\CCCCC. The number of carboxylic acid groups (broad SMARTS) is 1. The topological polar surface area (TPSA) is 169 Å². The molecule has 6 unspecified atom stereocenters. The average molecular weight is 775 g/mol. The summed E-state index contributed by atoms with van der Waals surface area (Å²) in [6.45, 7) is 3.58. The van der Waals surface area contributed by atoms with E-state index in [0.29, 0.717) is 19.3 Å². The number of unbranched alkanes of at least 4 members (excludes halogenated alkanes) is 9. The first kappa shape index (κ1) is 49.7. The Labute approximate surface area is 329 Å². The molecule has 0 aromatic carbocycles. The molecule has 1 saturated heterocycles. The number of aliphatic hydroxyl groups is 3. The fourth-order valence-electron chi connectivity index (χ4n) is 5.55. The molecule has 312 valence electrons. The maximum Gasteiger partial charge on any atom is 0.335 e. The van der Waals surface area contributed by atoms with Crippen LogP contribution in [0.25, 0.3) is 0 Å². The molecule has 11 nitrogen and oxygen atoms in total. The van der Waals surface area contributed by atoms with Gasteiger partial charge in [0.05, 0.1) is 6.61 Å². The predicted molar refractivity (Wildman–Crippen MR) is 215 cm³/mol. The van der Waals surface area contributed by atoms with Crippen molar-refractivity contribution in [3.05, 3.63) is 72.9 Å². The van der Waals surface area contributed by atoms with Crippen LogP contribution < -0.4 is 0 Å². The lowest BCUT2D eigenvalue weighted by Gasteiger charge is -2.38. The van der Waals surface area contributed by atoms with Crippen LogP contribution in [-0.4, -0.2) is 88.4 Å². The van der Waals surface area contributed by atoms with Gasteiger partial charge in [-0.3, -0.25) is 9.59 Å². The number of aliphatic carboxylic acids is 1. The third-order valence-electron chi connectivity index (χ3n) is 8.79. The Bertz CT molecular complexity index is 1190. The maximum absolute atomic E-state index is 12.7. The number of carbonyl (C=O) groups excluding carboxylic acids is 2. The highest BCUT2D eigenvalue weighted by molar-refractivity contribution is 5.73. The summed E-state index contributed by atoms with van der Waals surface area (Å²) in [4.78, 5) is 36.7. The van der Waals surface area contributed by atoms with Crippen molar-refractivity contribution in [2.24, 2.45) is 0 Å². The van der Waals surface area contributed by atoms with E-state index in [1.54, 1.807) is 0 Å². The molecule has 0 aliphatic carbocycles. The molecule has 1 fully saturated rings. The van der Waals surface area contributed by atoms with Crippen LogP contribution in [-0.2, 0) is 33.3 Å². The van der Waals surface area contributed by atoms with Crippen molar-refractivity contribution in [1.82, 2.24) is 0 Å². The van der Waals surface area contributed by atoms with Gasteiger partial charge in [-0.15, -0.1) is 0 Å². The highest BCUT2D eigenvalue weighted by atomic mass is 16.7. The van der Waals surface area contributed by atoms with Crippen molar-refractivity contribution in [3.8, 4) is 0 Å². The minimum absolute atomic E-state index is 0.152. The van der Waals surface area contributed by atoms with Crippen LogP contribution >= 0.6 is 0 Å². The van der Waals surface area contributed by atoms with Gasteiger partial charge in [0, 0.05) is 12.8 Å². The van der Waals surface area contributed by atoms with Gasteiger partial charge in [0.1, 0.15) is 24.9 Å². The summed E-state index contributed by atoms with van der Waals surface area (Å²) in [6.07, 6.45) is 32.5. The second kappa shape index (κ2) is 33.9. The summed E-state index contributed by atoms with van der Waals surface area (Å²) in [6, 6.07) is 0. The number of rotatable bonds is 32. The molecule has 1 rings (SSSR count). The number of carboxylic acids is 1. The summed E-state index contributed by atoms with van der Waals surface area (Å²) in [7, 11) is 0. The third-order valence-corrected chi connectivity index (χ3v) is 8.79. The van der Waals surface area contributed by atoms with Crippen molar-refractivity contribution in [3.63, 3.8) is 0 Å². The number of esters is 2. The molecule has 1 aliphatic heterocycles. The molecule has 0 radical (unpaired) electrons.